The lowest BCUT2D eigenvalue weighted by molar-refractivity contribution is -0.191. The van der Waals surface area contributed by atoms with Crippen molar-refractivity contribution in [2.75, 3.05) is 6.61 Å². The van der Waals surface area contributed by atoms with Gasteiger partial charge in [0, 0.05) is 10.9 Å². The summed E-state index contributed by atoms with van der Waals surface area (Å²) in [6.45, 7) is 21.4. The van der Waals surface area contributed by atoms with Gasteiger partial charge in [-0.15, -0.1) is 5.73 Å². The van der Waals surface area contributed by atoms with Crippen LogP contribution in [0, 0.1) is 11.8 Å². The molecule has 0 heterocycles. The normalized spacial score (nSPS) is 20.2. The molecule has 242 valence electrons. The van der Waals surface area contributed by atoms with Crippen LogP contribution in [0.25, 0.3) is 0 Å². The van der Waals surface area contributed by atoms with Crippen molar-refractivity contribution in [3.05, 3.63) is 58.8 Å². The molecule has 0 bridgehead atoms. The van der Waals surface area contributed by atoms with E-state index in [1.807, 2.05) is 30.3 Å². The zero-order valence-corrected chi connectivity index (χ0v) is 31.6. The number of hydrogen-bond acceptors (Lipinski definition) is 5. The predicted molar refractivity (Wildman–Crippen MR) is 184 cm³/mol. The number of carboxylic acid groups (broad SMARTS) is 1. The number of carboxylic acids is 1. The number of aliphatic carboxylic acids is 1. The van der Waals surface area contributed by atoms with Crippen molar-refractivity contribution in [2.45, 2.75) is 122 Å². The Morgan fingerprint density at radius 3 is 2.05 bits per heavy atom. The zero-order valence-electron chi connectivity index (χ0n) is 28.0. The van der Waals surface area contributed by atoms with Gasteiger partial charge in [-0.3, -0.25) is 0 Å². The van der Waals surface area contributed by atoms with Gasteiger partial charge in [0.2, 0.25) is 0 Å². The lowest BCUT2D eigenvalue weighted by Gasteiger charge is -2.48. The lowest BCUT2D eigenvalue weighted by atomic mass is 9.91. The van der Waals surface area contributed by atoms with Crippen molar-refractivity contribution >= 4 is 38.5 Å². The second-order valence-electron chi connectivity index (χ2n) is 14.8. The third-order valence-electron chi connectivity index (χ3n) is 9.36. The van der Waals surface area contributed by atoms with Crippen molar-refractivity contribution in [1.82, 2.24) is 0 Å². The summed E-state index contributed by atoms with van der Waals surface area (Å²) >= 11 is 3.43. The van der Waals surface area contributed by atoms with E-state index in [-0.39, 0.29) is 34.4 Å². The molecule has 1 fully saturated rings. The molecule has 0 radical (unpaired) electrons. The number of benzene rings is 1. The molecule has 1 aromatic carbocycles. The molecule has 6 nitrogen and oxygen atoms in total. The third kappa shape index (κ3) is 10.8. The Kier molecular flexibility index (Phi) is 13.4. The third-order valence-corrected chi connectivity index (χ3v) is 18.8. The van der Waals surface area contributed by atoms with Crippen LogP contribution in [0.4, 0.5) is 0 Å². The summed E-state index contributed by atoms with van der Waals surface area (Å²) in [6, 6.07) is 7.80. The molecular formula is C34H55BrO6Si2. The summed E-state index contributed by atoms with van der Waals surface area (Å²) in [7, 11) is -5.01. The fraction of sp³-hybridized carbons (Fsp3) is 0.647. The van der Waals surface area contributed by atoms with Gasteiger partial charge in [-0.1, -0.05) is 69.6 Å². The molecule has 0 unspecified atom stereocenters. The maximum Gasteiger partial charge on any atom is 0.362 e. The first-order chi connectivity index (χ1) is 19.7. The maximum atomic E-state index is 12.9. The molecule has 0 saturated heterocycles. The number of ether oxygens (including phenoxy) is 1. The van der Waals surface area contributed by atoms with Crippen molar-refractivity contribution in [3.8, 4) is 5.75 Å². The highest BCUT2D eigenvalue weighted by Gasteiger charge is 2.54. The first-order valence-electron chi connectivity index (χ1n) is 15.5. The average Bonchev–Trinajstić information content (AvgIpc) is 3.21. The Morgan fingerprint density at radius 2 is 1.53 bits per heavy atom. The van der Waals surface area contributed by atoms with E-state index in [0.29, 0.717) is 13.0 Å². The van der Waals surface area contributed by atoms with Crippen molar-refractivity contribution < 1.29 is 28.6 Å². The van der Waals surface area contributed by atoms with Crippen LogP contribution in [0.2, 0.25) is 36.3 Å². The number of allylic oxidation sites excluding steroid dienone is 1. The molecule has 1 aliphatic carbocycles. The van der Waals surface area contributed by atoms with E-state index >= 15 is 0 Å². The molecule has 1 aliphatic rings. The molecule has 1 aromatic rings. The van der Waals surface area contributed by atoms with Gasteiger partial charge in [-0.05, 0) is 110 Å². The van der Waals surface area contributed by atoms with Gasteiger partial charge in [0.05, 0.1) is 12.7 Å². The Labute approximate surface area is 271 Å². The first kappa shape index (κ1) is 37.7. The fourth-order valence-corrected chi connectivity index (χ4v) is 7.62. The number of hydrogen-bond donors (Lipinski definition) is 2. The molecule has 1 saturated carbocycles. The maximum absolute atomic E-state index is 12.9. The van der Waals surface area contributed by atoms with Crippen molar-refractivity contribution in [2.24, 2.45) is 11.8 Å². The molecule has 0 amide bonds. The van der Waals surface area contributed by atoms with Crippen LogP contribution < -0.4 is 4.74 Å². The van der Waals surface area contributed by atoms with Gasteiger partial charge in [0.15, 0.2) is 16.6 Å². The minimum absolute atomic E-state index is 0.0623. The summed E-state index contributed by atoms with van der Waals surface area (Å²) in [5.74, 6) is -1.65. The van der Waals surface area contributed by atoms with E-state index in [1.54, 1.807) is 6.08 Å². The van der Waals surface area contributed by atoms with Crippen LogP contribution in [-0.4, -0.2) is 51.3 Å². The first-order valence-corrected chi connectivity index (χ1v) is 22.1. The van der Waals surface area contributed by atoms with E-state index in [0.717, 1.165) is 29.5 Å². The van der Waals surface area contributed by atoms with Gasteiger partial charge in [0.25, 0.3) is 5.79 Å². The van der Waals surface area contributed by atoms with Gasteiger partial charge < -0.3 is 23.8 Å². The van der Waals surface area contributed by atoms with Crippen molar-refractivity contribution in [1.29, 1.82) is 0 Å². The molecule has 2 rings (SSSR count). The average molecular weight is 696 g/mol. The predicted octanol–water partition coefficient (Wildman–Crippen LogP) is 9.48. The Balaban J connectivity index is 2.13. The molecule has 0 aliphatic heterocycles. The van der Waals surface area contributed by atoms with E-state index in [2.05, 4.69) is 102 Å². The highest BCUT2D eigenvalue weighted by atomic mass is 79.9. The monoisotopic (exact) mass is 694 g/mol. The van der Waals surface area contributed by atoms with Crippen LogP contribution in [-0.2, 0) is 13.6 Å². The number of halogens is 1. The quantitative estimate of drug-likeness (QED) is 0.0663. The summed E-state index contributed by atoms with van der Waals surface area (Å²) in [5.41, 5.74) is 3.21. The fourth-order valence-electron chi connectivity index (χ4n) is 4.58. The largest absolute Gasteiger partial charge is 0.493 e. The molecule has 3 atom stereocenters. The highest BCUT2D eigenvalue weighted by molar-refractivity contribution is 9.10. The smallest absolute Gasteiger partial charge is 0.362 e. The summed E-state index contributed by atoms with van der Waals surface area (Å²) < 4.78 is 20.0. The minimum atomic E-state index is -2.50. The van der Waals surface area contributed by atoms with Gasteiger partial charge >= 0.3 is 5.97 Å². The Bertz CT molecular complexity index is 1110. The molecular weight excluding hydrogens is 640 g/mol. The summed E-state index contributed by atoms with van der Waals surface area (Å²) in [6.07, 6.45) is 10.9. The number of rotatable bonds is 14. The number of aliphatic hydroxyl groups is 1. The summed E-state index contributed by atoms with van der Waals surface area (Å²) in [5, 5.41) is 20.9. The molecule has 43 heavy (non-hydrogen) atoms. The SMILES string of the molecule is CC(C)(C)[Si](C)(C)OC(CC=C=CC[C@H]1[C@@H](O)CC[C@@H]1C=CCCOc1ccc(Br)cc1)(O[Si](C)(C)C(C)(C)C)C(=O)O. The Hall–Kier alpha value is -1.46. The zero-order chi connectivity index (χ0) is 32.7. The number of carbonyl (C=O) groups is 1. The second kappa shape index (κ2) is 15.2. The van der Waals surface area contributed by atoms with E-state index in [4.69, 9.17) is 13.6 Å². The van der Waals surface area contributed by atoms with Crippen LogP contribution in [0.1, 0.15) is 73.6 Å². The topological polar surface area (TPSA) is 85.2 Å². The van der Waals surface area contributed by atoms with E-state index in [9.17, 15) is 15.0 Å². The van der Waals surface area contributed by atoms with Crippen LogP contribution in [0.5, 0.6) is 5.75 Å². The van der Waals surface area contributed by atoms with E-state index in [1.165, 1.54) is 0 Å². The number of aliphatic hydroxyl groups excluding tert-OH is 1. The molecule has 9 heteroatoms. The van der Waals surface area contributed by atoms with Crippen LogP contribution in [0.3, 0.4) is 0 Å². The molecule has 0 aromatic heterocycles. The standard InChI is InChI=1S/C34H55BrO6Si2/c1-32(2,3)42(7,8)40-34(31(37)38,41-43(9,10)33(4,5)6)24-14-11-12-17-29-26(18-23-30(29)36)16-13-15-25-39-28-21-19-27(35)20-22-28/h12-14,16,19-22,26,29-30,36H,15,17-18,23-25H2,1-10H3,(H,37,38)/t11?,26-,29+,30-/m0/s1. The van der Waals surface area contributed by atoms with Gasteiger partial charge in [-0.25, -0.2) is 4.79 Å². The minimum Gasteiger partial charge on any atom is -0.493 e. The molecule has 0 spiro atoms. The molecule has 2 N–H and O–H groups in total. The Morgan fingerprint density at radius 1 is 0.977 bits per heavy atom. The van der Waals surface area contributed by atoms with Gasteiger partial charge in [0.1, 0.15) is 5.75 Å². The lowest BCUT2D eigenvalue weighted by Crippen LogP contribution is -2.60. The van der Waals surface area contributed by atoms with Crippen molar-refractivity contribution in [3.63, 3.8) is 0 Å². The van der Waals surface area contributed by atoms with Crippen LogP contribution >= 0.6 is 15.9 Å². The van der Waals surface area contributed by atoms with Gasteiger partial charge in [-0.2, -0.15) is 0 Å². The highest BCUT2D eigenvalue weighted by Crippen LogP contribution is 2.45. The van der Waals surface area contributed by atoms with Crippen LogP contribution in [0.15, 0.2) is 58.8 Å². The second-order valence-corrected chi connectivity index (χ2v) is 25.2. The summed E-state index contributed by atoms with van der Waals surface area (Å²) in [4.78, 5) is 12.9. The van der Waals surface area contributed by atoms with E-state index < -0.39 is 28.4 Å².